The summed E-state index contributed by atoms with van der Waals surface area (Å²) in [6, 6.07) is 15.9. The lowest BCUT2D eigenvalue weighted by Crippen LogP contribution is -2.43. The molecule has 1 aliphatic heterocycles. The summed E-state index contributed by atoms with van der Waals surface area (Å²) in [5, 5.41) is 3.06. The fourth-order valence-corrected chi connectivity index (χ4v) is 2.97. The van der Waals surface area contributed by atoms with Gasteiger partial charge in [-0.15, -0.1) is 0 Å². The molecule has 2 aromatic rings. The summed E-state index contributed by atoms with van der Waals surface area (Å²) >= 11 is 0. The van der Waals surface area contributed by atoms with E-state index in [-0.39, 0.29) is 24.7 Å². The van der Waals surface area contributed by atoms with Crippen molar-refractivity contribution in [3.8, 4) is 11.5 Å². The SMILES string of the molecule is CC(CNC(=O)C(C)N(C)Cc1ccc2c(c1)OCO2)c1ccccc1. The summed E-state index contributed by atoms with van der Waals surface area (Å²) in [6.45, 7) is 5.61. The minimum Gasteiger partial charge on any atom is -0.454 e. The molecule has 26 heavy (non-hydrogen) atoms. The molecule has 2 atom stereocenters. The third kappa shape index (κ3) is 4.35. The van der Waals surface area contributed by atoms with Gasteiger partial charge in [-0.05, 0) is 43.1 Å². The molecule has 3 rings (SSSR count). The van der Waals surface area contributed by atoms with Crippen LogP contribution in [0, 0.1) is 0 Å². The second kappa shape index (κ2) is 8.23. The van der Waals surface area contributed by atoms with Gasteiger partial charge in [-0.25, -0.2) is 0 Å². The minimum absolute atomic E-state index is 0.0380. The van der Waals surface area contributed by atoms with Crippen molar-refractivity contribution in [3.63, 3.8) is 0 Å². The van der Waals surface area contributed by atoms with E-state index in [1.807, 2.05) is 55.3 Å². The number of hydrogen-bond donors (Lipinski definition) is 1. The highest BCUT2D eigenvalue weighted by Gasteiger charge is 2.20. The second-order valence-electron chi connectivity index (χ2n) is 6.84. The molecule has 0 fully saturated rings. The molecular formula is C21H26N2O3. The fraction of sp³-hybridized carbons (Fsp3) is 0.381. The van der Waals surface area contributed by atoms with E-state index in [9.17, 15) is 4.79 Å². The number of carbonyl (C=O) groups is 1. The van der Waals surface area contributed by atoms with Crippen molar-refractivity contribution >= 4 is 5.91 Å². The predicted octanol–water partition coefficient (Wildman–Crippen LogP) is 3.16. The maximum absolute atomic E-state index is 12.5. The fourth-order valence-electron chi connectivity index (χ4n) is 2.97. The highest BCUT2D eigenvalue weighted by Crippen LogP contribution is 2.32. The number of likely N-dealkylation sites (N-methyl/N-ethyl adjacent to an activating group) is 1. The molecular weight excluding hydrogens is 328 g/mol. The minimum atomic E-state index is -0.219. The van der Waals surface area contributed by atoms with Gasteiger partial charge in [0, 0.05) is 13.1 Å². The molecule has 0 aliphatic carbocycles. The summed E-state index contributed by atoms with van der Waals surface area (Å²) in [6.07, 6.45) is 0. The molecule has 0 bridgehead atoms. The third-order valence-corrected chi connectivity index (χ3v) is 4.86. The Labute approximate surface area is 154 Å². The maximum Gasteiger partial charge on any atom is 0.237 e. The summed E-state index contributed by atoms with van der Waals surface area (Å²) in [7, 11) is 1.95. The van der Waals surface area contributed by atoms with Crippen LogP contribution in [0.25, 0.3) is 0 Å². The van der Waals surface area contributed by atoms with Gasteiger partial charge in [-0.3, -0.25) is 9.69 Å². The molecule has 2 unspecified atom stereocenters. The first-order valence-corrected chi connectivity index (χ1v) is 8.96. The highest BCUT2D eigenvalue weighted by atomic mass is 16.7. The maximum atomic E-state index is 12.5. The zero-order chi connectivity index (χ0) is 18.5. The van der Waals surface area contributed by atoms with Crippen LogP contribution in [0.3, 0.4) is 0 Å². The quantitative estimate of drug-likeness (QED) is 0.830. The summed E-state index contributed by atoms with van der Waals surface area (Å²) in [5.74, 6) is 1.87. The molecule has 2 aromatic carbocycles. The van der Waals surface area contributed by atoms with Gasteiger partial charge in [0.2, 0.25) is 12.7 Å². The standard InChI is InChI=1S/C21H26N2O3/c1-15(18-7-5-4-6-8-18)12-22-21(24)16(2)23(3)13-17-9-10-19-20(11-17)26-14-25-19/h4-11,15-16H,12-14H2,1-3H3,(H,22,24). The highest BCUT2D eigenvalue weighted by molar-refractivity contribution is 5.81. The number of rotatable bonds is 7. The number of fused-ring (bicyclic) bond motifs is 1. The largest absolute Gasteiger partial charge is 0.454 e. The van der Waals surface area contributed by atoms with Crippen molar-refractivity contribution in [3.05, 3.63) is 59.7 Å². The molecule has 0 saturated heterocycles. The lowest BCUT2D eigenvalue weighted by Gasteiger charge is -2.25. The zero-order valence-corrected chi connectivity index (χ0v) is 15.6. The van der Waals surface area contributed by atoms with Gasteiger partial charge in [-0.1, -0.05) is 43.3 Å². The predicted molar refractivity (Wildman–Crippen MR) is 101 cm³/mol. The van der Waals surface area contributed by atoms with Crippen LogP contribution in [0.15, 0.2) is 48.5 Å². The Morgan fingerprint density at radius 1 is 1.12 bits per heavy atom. The molecule has 0 radical (unpaired) electrons. The van der Waals surface area contributed by atoms with E-state index in [1.54, 1.807) is 0 Å². The van der Waals surface area contributed by atoms with Gasteiger partial charge in [0.1, 0.15) is 0 Å². The Kier molecular flexibility index (Phi) is 5.78. The molecule has 1 amide bonds. The zero-order valence-electron chi connectivity index (χ0n) is 15.6. The van der Waals surface area contributed by atoms with Crippen LogP contribution in [0.1, 0.15) is 30.9 Å². The lowest BCUT2D eigenvalue weighted by molar-refractivity contribution is -0.125. The van der Waals surface area contributed by atoms with Gasteiger partial charge in [0.15, 0.2) is 11.5 Å². The van der Waals surface area contributed by atoms with Crippen LogP contribution in [0.4, 0.5) is 0 Å². The number of ether oxygens (including phenoxy) is 2. The number of carbonyl (C=O) groups excluding carboxylic acids is 1. The van der Waals surface area contributed by atoms with Crippen molar-refractivity contribution in [1.82, 2.24) is 10.2 Å². The van der Waals surface area contributed by atoms with E-state index >= 15 is 0 Å². The van der Waals surface area contributed by atoms with Crippen molar-refractivity contribution in [2.45, 2.75) is 32.4 Å². The monoisotopic (exact) mass is 354 g/mol. The first-order valence-electron chi connectivity index (χ1n) is 8.96. The van der Waals surface area contributed by atoms with E-state index in [4.69, 9.17) is 9.47 Å². The van der Waals surface area contributed by atoms with Crippen LogP contribution in [0.2, 0.25) is 0 Å². The van der Waals surface area contributed by atoms with Gasteiger partial charge in [0.05, 0.1) is 6.04 Å². The van der Waals surface area contributed by atoms with Crippen LogP contribution >= 0.6 is 0 Å². The Balaban J connectivity index is 1.51. The molecule has 0 spiro atoms. The molecule has 1 N–H and O–H groups in total. The van der Waals surface area contributed by atoms with Crippen molar-refractivity contribution in [2.75, 3.05) is 20.4 Å². The summed E-state index contributed by atoms with van der Waals surface area (Å²) < 4.78 is 10.8. The first-order chi connectivity index (χ1) is 12.5. The Hall–Kier alpha value is -2.53. The number of nitrogens with zero attached hydrogens (tertiary/aromatic N) is 1. The number of amides is 1. The molecule has 138 valence electrons. The van der Waals surface area contributed by atoms with Crippen LogP contribution in [-0.4, -0.2) is 37.2 Å². The van der Waals surface area contributed by atoms with Crippen LogP contribution in [-0.2, 0) is 11.3 Å². The Morgan fingerprint density at radius 3 is 2.62 bits per heavy atom. The first kappa shape index (κ1) is 18.3. The molecule has 5 heteroatoms. The van der Waals surface area contributed by atoms with Gasteiger partial charge >= 0.3 is 0 Å². The average Bonchev–Trinajstić information content (AvgIpc) is 3.13. The van der Waals surface area contributed by atoms with E-state index in [1.165, 1.54) is 5.56 Å². The molecule has 0 aromatic heterocycles. The number of hydrogen-bond acceptors (Lipinski definition) is 4. The van der Waals surface area contributed by atoms with Crippen LogP contribution in [0.5, 0.6) is 11.5 Å². The normalized spacial score (nSPS) is 14.9. The Morgan fingerprint density at radius 2 is 1.85 bits per heavy atom. The topological polar surface area (TPSA) is 50.8 Å². The van der Waals surface area contributed by atoms with E-state index < -0.39 is 0 Å². The van der Waals surface area contributed by atoms with Crippen molar-refractivity contribution < 1.29 is 14.3 Å². The molecule has 5 nitrogen and oxygen atoms in total. The number of nitrogens with one attached hydrogen (secondary N) is 1. The molecule has 1 aliphatic rings. The smallest absolute Gasteiger partial charge is 0.237 e. The second-order valence-corrected chi connectivity index (χ2v) is 6.84. The van der Waals surface area contributed by atoms with Crippen molar-refractivity contribution in [2.24, 2.45) is 0 Å². The average molecular weight is 354 g/mol. The van der Waals surface area contributed by atoms with Gasteiger partial charge < -0.3 is 14.8 Å². The third-order valence-electron chi connectivity index (χ3n) is 4.86. The van der Waals surface area contributed by atoms with Crippen molar-refractivity contribution in [1.29, 1.82) is 0 Å². The summed E-state index contributed by atoms with van der Waals surface area (Å²) in [4.78, 5) is 14.5. The summed E-state index contributed by atoms with van der Waals surface area (Å²) in [5.41, 5.74) is 2.32. The lowest BCUT2D eigenvalue weighted by atomic mass is 10.0. The van der Waals surface area contributed by atoms with E-state index in [0.717, 1.165) is 17.1 Å². The van der Waals surface area contributed by atoms with Crippen LogP contribution < -0.4 is 14.8 Å². The molecule has 0 saturated carbocycles. The van der Waals surface area contributed by atoms with Gasteiger partial charge in [0.25, 0.3) is 0 Å². The van der Waals surface area contributed by atoms with E-state index in [2.05, 4.69) is 24.4 Å². The van der Waals surface area contributed by atoms with Gasteiger partial charge in [-0.2, -0.15) is 0 Å². The molecule has 1 heterocycles. The number of benzene rings is 2. The Bertz CT molecular complexity index is 748. The van der Waals surface area contributed by atoms with E-state index in [0.29, 0.717) is 13.1 Å².